The van der Waals surface area contributed by atoms with Gasteiger partial charge in [0.2, 0.25) is 0 Å². The van der Waals surface area contributed by atoms with E-state index >= 15 is 0 Å². The van der Waals surface area contributed by atoms with Crippen molar-refractivity contribution in [2.45, 2.75) is 46.1 Å². The van der Waals surface area contributed by atoms with Crippen LogP contribution in [0.2, 0.25) is 0 Å². The van der Waals surface area contributed by atoms with Crippen LogP contribution in [0.25, 0.3) is 0 Å². The van der Waals surface area contributed by atoms with Crippen molar-refractivity contribution in [3.8, 4) is 0 Å². The molecule has 2 aromatic rings. The lowest BCUT2D eigenvalue weighted by Crippen LogP contribution is -2.08. The highest BCUT2D eigenvalue weighted by atomic mass is 32.1. The molecular weight excluding hydrogens is 252 g/mol. The molecule has 19 heavy (non-hydrogen) atoms. The summed E-state index contributed by atoms with van der Waals surface area (Å²) in [5, 5.41) is 4.77. The molecule has 0 saturated carbocycles. The molecule has 1 N–H and O–H groups in total. The second kappa shape index (κ2) is 5.33. The number of thiazole rings is 1. The Bertz CT molecular complexity index is 586. The molecule has 1 aliphatic rings. The first-order valence-corrected chi connectivity index (χ1v) is 7.83. The molecule has 0 spiro atoms. The lowest BCUT2D eigenvalue weighted by atomic mass is 9.90. The second-order valence-electron chi connectivity index (χ2n) is 5.25. The van der Waals surface area contributed by atoms with Crippen LogP contribution in [-0.2, 0) is 19.4 Å². The molecule has 0 amide bonds. The Balaban J connectivity index is 1.78. The zero-order valence-electron chi connectivity index (χ0n) is 11.6. The van der Waals surface area contributed by atoms with Crippen molar-refractivity contribution >= 4 is 17.0 Å². The van der Waals surface area contributed by atoms with Crippen LogP contribution in [0.4, 0.5) is 5.69 Å². The molecule has 1 aromatic carbocycles. The van der Waals surface area contributed by atoms with Gasteiger partial charge in [-0.1, -0.05) is 12.1 Å². The molecular formula is C16H20N2S. The lowest BCUT2D eigenvalue weighted by molar-refractivity contribution is 0.686. The van der Waals surface area contributed by atoms with Gasteiger partial charge in [0.15, 0.2) is 0 Å². The molecule has 0 aliphatic heterocycles. The normalized spacial score (nSPS) is 14.2. The molecule has 0 bridgehead atoms. The minimum atomic E-state index is 0.897. The summed E-state index contributed by atoms with van der Waals surface area (Å²) < 4.78 is 0. The molecule has 1 heterocycles. The number of hydrogen-bond acceptors (Lipinski definition) is 3. The van der Waals surface area contributed by atoms with Crippen molar-refractivity contribution in [2.75, 3.05) is 5.32 Å². The van der Waals surface area contributed by atoms with Gasteiger partial charge in [0.1, 0.15) is 0 Å². The molecule has 100 valence electrons. The van der Waals surface area contributed by atoms with Gasteiger partial charge in [-0.2, -0.15) is 0 Å². The predicted molar refractivity (Wildman–Crippen MR) is 82.0 cm³/mol. The van der Waals surface area contributed by atoms with Gasteiger partial charge in [-0.15, -0.1) is 11.3 Å². The van der Waals surface area contributed by atoms with E-state index in [1.54, 1.807) is 11.3 Å². The van der Waals surface area contributed by atoms with Crippen molar-refractivity contribution in [2.24, 2.45) is 0 Å². The first-order chi connectivity index (χ1) is 9.24. The summed E-state index contributed by atoms with van der Waals surface area (Å²) in [7, 11) is 0. The van der Waals surface area contributed by atoms with E-state index in [1.807, 2.05) is 0 Å². The third kappa shape index (κ3) is 2.66. The Labute approximate surface area is 118 Å². The van der Waals surface area contributed by atoms with E-state index in [0.29, 0.717) is 0 Å². The van der Waals surface area contributed by atoms with Gasteiger partial charge >= 0.3 is 0 Å². The van der Waals surface area contributed by atoms with Gasteiger partial charge in [-0.05, 0) is 56.7 Å². The topological polar surface area (TPSA) is 24.9 Å². The van der Waals surface area contributed by atoms with E-state index < -0.39 is 0 Å². The first-order valence-electron chi connectivity index (χ1n) is 7.01. The largest absolute Gasteiger partial charge is 0.380 e. The Morgan fingerprint density at radius 1 is 1.21 bits per heavy atom. The molecule has 0 radical (unpaired) electrons. The maximum absolute atomic E-state index is 4.49. The van der Waals surface area contributed by atoms with Crippen LogP contribution in [0.5, 0.6) is 0 Å². The zero-order chi connectivity index (χ0) is 13.2. The summed E-state index contributed by atoms with van der Waals surface area (Å²) in [5.41, 5.74) is 5.56. The minimum absolute atomic E-state index is 0.897. The van der Waals surface area contributed by atoms with E-state index in [-0.39, 0.29) is 0 Å². The fraction of sp³-hybridized carbons (Fsp3) is 0.438. The lowest BCUT2D eigenvalue weighted by Gasteiger charge is -2.20. The highest BCUT2D eigenvalue weighted by molar-refractivity contribution is 7.11. The molecule has 0 fully saturated rings. The molecule has 0 atom stereocenters. The first kappa shape index (κ1) is 12.7. The standard InChI is InChI=1S/C16H20N2S/c1-11-16(19-12(2)18-11)10-17-15-9-5-7-13-6-3-4-8-14(13)15/h5,7,9,17H,3-4,6,8,10H2,1-2H3. The molecule has 3 heteroatoms. The summed E-state index contributed by atoms with van der Waals surface area (Å²) in [4.78, 5) is 5.84. The van der Waals surface area contributed by atoms with Crippen LogP contribution < -0.4 is 5.32 Å². The third-order valence-corrected chi connectivity index (χ3v) is 4.91. The van der Waals surface area contributed by atoms with Crippen molar-refractivity contribution < 1.29 is 0 Å². The number of benzene rings is 1. The summed E-state index contributed by atoms with van der Waals surface area (Å²) in [6.45, 7) is 5.07. The predicted octanol–water partition coefficient (Wildman–Crippen LogP) is 4.25. The van der Waals surface area contributed by atoms with Gasteiger partial charge < -0.3 is 5.32 Å². The minimum Gasteiger partial charge on any atom is -0.380 e. The third-order valence-electron chi connectivity index (χ3n) is 3.83. The second-order valence-corrected chi connectivity index (χ2v) is 6.53. The number of nitrogens with zero attached hydrogens (tertiary/aromatic N) is 1. The average molecular weight is 272 g/mol. The fourth-order valence-electron chi connectivity index (χ4n) is 2.86. The highest BCUT2D eigenvalue weighted by Gasteiger charge is 2.13. The van der Waals surface area contributed by atoms with E-state index in [9.17, 15) is 0 Å². The zero-order valence-corrected chi connectivity index (χ0v) is 12.4. The van der Waals surface area contributed by atoms with Gasteiger partial charge in [0.05, 0.1) is 17.2 Å². The number of nitrogens with one attached hydrogen (secondary N) is 1. The van der Waals surface area contributed by atoms with E-state index in [1.165, 1.54) is 53.1 Å². The van der Waals surface area contributed by atoms with Crippen LogP contribution in [0.3, 0.4) is 0 Å². The van der Waals surface area contributed by atoms with E-state index in [2.05, 4.69) is 42.3 Å². The van der Waals surface area contributed by atoms with Crippen molar-refractivity contribution in [1.82, 2.24) is 4.98 Å². The molecule has 3 rings (SSSR count). The van der Waals surface area contributed by atoms with Crippen LogP contribution in [0.1, 0.15) is 39.5 Å². The summed E-state index contributed by atoms with van der Waals surface area (Å²) in [6, 6.07) is 6.67. The van der Waals surface area contributed by atoms with Crippen molar-refractivity contribution in [1.29, 1.82) is 0 Å². The van der Waals surface area contributed by atoms with Crippen LogP contribution in [0, 0.1) is 13.8 Å². The Morgan fingerprint density at radius 3 is 2.84 bits per heavy atom. The maximum atomic E-state index is 4.49. The van der Waals surface area contributed by atoms with Gasteiger partial charge in [0.25, 0.3) is 0 Å². The number of rotatable bonds is 3. The summed E-state index contributed by atoms with van der Waals surface area (Å²) in [5.74, 6) is 0. The summed E-state index contributed by atoms with van der Waals surface area (Å²) in [6.07, 6.45) is 5.12. The number of anilines is 1. The highest BCUT2D eigenvalue weighted by Crippen LogP contribution is 2.28. The molecule has 0 saturated heterocycles. The SMILES string of the molecule is Cc1nc(C)c(CNc2cccc3c2CCCC3)s1. The molecule has 0 unspecified atom stereocenters. The van der Waals surface area contributed by atoms with Gasteiger partial charge in [0, 0.05) is 10.6 Å². The Kier molecular flexibility index (Phi) is 3.56. The van der Waals surface area contributed by atoms with Crippen LogP contribution in [0.15, 0.2) is 18.2 Å². The quantitative estimate of drug-likeness (QED) is 0.903. The Morgan fingerprint density at radius 2 is 2.05 bits per heavy atom. The summed E-state index contributed by atoms with van der Waals surface area (Å²) >= 11 is 1.80. The van der Waals surface area contributed by atoms with Crippen molar-refractivity contribution in [3.63, 3.8) is 0 Å². The van der Waals surface area contributed by atoms with Crippen LogP contribution in [-0.4, -0.2) is 4.98 Å². The Hall–Kier alpha value is -1.35. The molecule has 2 nitrogen and oxygen atoms in total. The van der Waals surface area contributed by atoms with E-state index in [0.717, 1.165) is 11.6 Å². The monoisotopic (exact) mass is 272 g/mol. The molecule has 1 aromatic heterocycles. The fourth-order valence-corrected chi connectivity index (χ4v) is 3.74. The number of aryl methyl sites for hydroxylation is 3. The number of aromatic nitrogens is 1. The van der Waals surface area contributed by atoms with Gasteiger partial charge in [-0.25, -0.2) is 4.98 Å². The van der Waals surface area contributed by atoms with Crippen molar-refractivity contribution in [3.05, 3.63) is 44.9 Å². The van der Waals surface area contributed by atoms with Gasteiger partial charge in [-0.3, -0.25) is 0 Å². The maximum Gasteiger partial charge on any atom is 0.0900 e. The number of fused-ring (bicyclic) bond motifs is 1. The van der Waals surface area contributed by atoms with Crippen LogP contribution >= 0.6 is 11.3 Å². The molecule has 1 aliphatic carbocycles. The average Bonchev–Trinajstić information content (AvgIpc) is 2.74. The number of hydrogen-bond donors (Lipinski definition) is 1. The smallest absolute Gasteiger partial charge is 0.0900 e. The van der Waals surface area contributed by atoms with E-state index in [4.69, 9.17) is 0 Å².